The second kappa shape index (κ2) is 11.4. The molecule has 0 saturated heterocycles. The zero-order chi connectivity index (χ0) is 6.95. The van der Waals surface area contributed by atoms with Crippen LogP contribution in [-0.2, 0) is 0 Å². The molecule has 0 fully saturated rings. The summed E-state index contributed by atoms with van der Waals surface area (Å²) in [6.07, 6.45) is 3.05. The first-order chi connectivity index (χ1) is 4.41. The van der Waals surface area contributed by atoms with Gasteiger partial charge in [-0.3, -0.25) is 0 Å². The molecule has 0 aliphatic heterocycles. The molecule has 0 aliphatic rings. The Bertz CT molecular complexity index is 99.8. The quantitative estimate of drug-likeness (QED) is 0.286. The Kier molecular flexibility index (Phi) is 13.9. The molecule has 0 aromatic heterocycles. The molecule has 5 heteroatoms. The van der Waals surface area contributed by atoms with Crippen LogP contribution in [0.4, 0.5) is 0 Å². The van der Waals surface area contributed by atoms with Crippen molar-refractivity contribution >= 4 is 12.4 Å². The van der Waals surface area contributed by atoms with Gasteiger partial charge < -0.3 is 5.73 Å². The molecule has 0 aromatic carbocycles. The molecule has 0 saturated carbocycles. The average molecular weight is 165 g/mol. The highest BCUT2D eigenvalue weighted by atomic mass is 35.5. The summed E-state index contributed by atoms with van der Waals surface area (Å²) >= 11 is 0. The Hall–Kier alpha value is -0.440. The highest BCUT2D eigenvalue weighted by Gasteiger charge is 1.83. The third kappa shape index (κ3) is 10.5. The van der Waals surface area contributed by atoms with E-state index in [9.17, 15) is 0 Å². The predicted molar refractivity (Wildman–Crippen MR) is 44.2 cm³/mol. The first-order valence-electron chi connectivity index (χ1n) is 3.12. The van der Waals surface area contributed by atoms with Crippen molar-refractivity contribution in [1.29, 1.82) is 0 Å². The summed E-state index contributed by atoms with van der Waals surface area (Å²) in [6.45, 7) is 1.34. The number of unbranched alkanes of at least 4 members (excludes halogenated alkanes) is 2. The second-order valence-corrected chi connectivity index (χ2v) is 1.80. The Balaban J connectivity index is 0. The number of azide groups is 1. The van der Waals surface area contributed by atoms with Crippen molar-refractivity contribution in [2.45, 2.75) is 19.3 Å². The molecular formula is C5H13ClN4. The summed E-state index contributed by atoms with van der Waals surface area (Å²) in [5.74, 6) is 0. The van der Waals surface area contributed by atoms with Gasteiger partial charge in [0.05, 0.1) is 0 Å². The van der Waals surface area contributed by atoms with E-state index in [-0.39, 0.29) is 12.4 Å². The molecular weight excluding hydrogens is 152 g/mol. The van der Waals surface area contributed by atoms with Crippen LogP contribution in [0.5, 0.6) is 0 Å². The van der Waals surface area contributed by atoms with Gasteiger partial charge >= 0.3 is 0 Å². The van der Waals surface area contributed by atoms with Gasteiger partial charge in [-0.1, -0.05) is 11.5 Å². The molecule has 0 aromatic rings. The molecule has 10 heavy (non-hydrogen) atoms. The van der Waals surface area contributed by atoms with E-state index < -0.39 is 0 Å². The normalized spacial score (nSPS) is 7.70. The van der Waals surface area contributed by atoms with Gasteiger partial charge in [0.25, 0.3) is 0 Å². The first kappa shape index (κ1) is 12.3. The molecule has 0 amide bonds. The summed E-state index contributed by atoms with van der Waals surface area (Å²) in [5.41, 5.74) is 13.1. The smallest absolute Gasteiger partial charge is 0.0257 e. The topological polar surface area (TPSA) is 74.8 Å². The fourth-order valence-electron chi connectivity index (χ4n) is 0.548. The Morgan fingerprint density at radius 2 is 2.00 bits per heavy atom. The van der Waals surface area contributed by atoms with Crippen LogP contribution in [0, 0.1) is 0 Å². The molecule has 0 atom stereocenters. The highest BCUT2D eigenvalue weighted by molar-refractivity contribution is 5.85. The SMILES string of the molecule is Cl.[N-]=[N+]=NCCCCCN. The maximum atomic E-state index is 7.86. The molecule has 4 nitrogen and oxygen atoms in total. The summed E-state index contributed by atoms with van der Waals surface area (Å²) in [7, 11) is 0. The lowest BCUT2D eigenvalue weighted by atomic mass is 10.2. The van der Waals surface area contributed by atoms with E-state index >= 15 is 0 Å². The van der Waals surface area contributed by atoms with E-state index in [1.54, 1.807) is 0 Å². The Morgan fingerprint density at radius 3 is 2.50 bits per heavy atom. The van der Waals surface area contributed by atoms with E-state index in [1.807, 2.05) is 0 Å². The van der Waals surface area contributed by atoms with E-state index in [0.29, 0.717) is 6.54 Å². The minimum Gasteiger partial charge on any atom is -0.330 e. The summed E-state index contributed by atoms with van der Waals surface area (Å²) in [6, 6.07) is 0. The van der Waals surface area contributed by atoms with Gasteiger partial charge in [0.2, 0.25) is 0 Å². The molecule has 0 aliphatic carbocycles. The van der Waals surface area contributed by atoms with Gasteiger partial charge in [-0.15, -0.1) is 12.4 Å². The van der Waals surface area contributed by atoms with Gasteiger partial charge in [-0.25, -0.2) is 0 Å². The zero-order valence-corrected chi connectivity index (χ0v) is 6.68. The standard InChI is InChI=1S/C5H12N4.ClH/c6-4-2-1-3-5-8-9-7;/h1-6H2;1H. The lowest BCUT2D eigenvalue weighted by Crippen LogP contribution is -1.97. The number of nitrogens with zero attached hydrogens (tertiary/aromatic N) is 3. The van der Waals surface area contributed by atoms with E-state index in [1.165, 1.54) is 0 Å². The Labute approximate surface area is 66.8 Å². The molecule has 60 valence electrons. The molecule has 0 spiro atoms. The number of rotatable bonds is 5. The molecule has 0 rings (SSSR count). The van der Waals surface area contributed by atoms with Crippen molar-refractivity contribution in [1.82, 2.24) is 0 Å². The fraction of sp³-hybridized carbons (Fsp3) is 1.00. The molecule has 0 bridgehead atoms. The lowest BCUT2D eigenvalue weighted by Gasteiger charge is -1.91. The monoisotopic (exact) mass is 164 g/mol. The van der Waals surface area contributed by atoms with Crippen LogP contribution in [0.2, 0.25) is 0 Å². The fourth-order valence-corrected chi connectivity index (χ4v) is 0.548. The third-order valence-electron chi connectivity index (χ3n) is 1.03. The number of nitrogens with two attached hydrogens (primary N) is 1. The lowest BCUT2D eigenvalue weighted by molar-refractivity contribution is 0.693. The van der Waals surface area contributed by atoms with Crippen molar-refractivity contribution < 1.29 is 0 Å². The van der Waals surface area contributed by atoms with Crippen molar-refractivity contribution in [2.24, 2.45) is 10.8 Å². The molecule has 2 N–H and O–H groups in total. The van der Waals surface area contributed by atoms with Gasteiger partial charge in [0, 0.05) is 11.5 Å². The van der Waals surface area contributed by atoms with Gasteiger partial charge in [0.15, 0.2) is 0 Å². The van der Waals surface area contributed by atoms with Crippen LogP contribution in [0.15, 0.2) is 5.11 Å². The van der Waals surface area contributed by atoms with Gasteiger partial charge in [-0.2, -0.15) is 0 Å². The first-order valence-corrected chi connectivity index (χ1v) is 3.12. The minimum absolute atomic E-state index is 0. The van der Waals surface area contributed by atoms with Crippen LogP contribution in [0.25, 0.3) is 10.4 Å². The van der Waals surface area contributed by atoms with Gasteiger partial charge in [0.1, 0.15) is 0 Å². The van der Waals surface area contributed by atoms with E-state index in [2.05, 4.69) is 10.0 Å². The largest absolute Gasteiger partial charge is 0.330 e. The van der Waals surface area contributed by atoms with Crippen molar-refractivity contribution in [2.75, 3.05) is 13.1 Å². The van der Waals surface area contributed by atoms with Crippen LogP contribution >= 0.6 is 12.4 Å². The predicted octanol–water partition coefficient (Wildman–Crippen LogP) is 1.85. The second-order valence-electron chi connectivity index (χ2n) is 1.80. The summed E-state index contributed by atoms with van der Waals surface area (Å²) in [4.78, 5) is 2.63. The van der Waals surface area contributed by atoms with Gasteiger partial charge in [-0.05, 0) is 24.9 Å². The summed E-state index contributed by atoms with van der Waals surface area (Å²) in [5, 5.41) is 3.38. The van der Waals surface area contributed by atoms with Crippen LogP contribution in [0.1, 0.15) is 19.3 Å². The van der Waals surface area contributed by atoms with Crippen LogP contribution in [-0.4, -0.2) is 13.1 Å². The molecule has 0 radical (unpaired) electrons. The van der Waals surface area contributed by atoms with Crippen LogP contribution in [0.3, 0.4) is 0 Å². The molecule has 0 unspecified atom stereocenters. The number of hydrogen-bond acceptors (Lipinski definition) is 2. The maximum absolute atomic E-state index is 7.86. The average Bonchev–Trinajstić information content (AvgIpc) is 1.89. The Morgan fingerprint density at radius 1 is 1.30 bits per heavy atom. The molecule has 0 heterocycles. The number of hydrogen-bond donors (Lipinski definition) is 1. The maximum Gasteiger partial charge on any atom is 0.0257 e. The minimum atomic E-state index is 0. The highest BCUT2D eigenvalue weighted by Crippen LogP contribution is 1.92. The number of halogens is 1. The summed E-state index contributed by atoms with van der Waals surface area (Å²) < 4.78 is 0. The van der Waals surface area contributed by atoms with Crippen molar-refractivity contribution in [3.8, 4) is 0 Å². The van der Waals surface area contributed by atoms with Crippen molar-refractivity contribution in [3.63, 3.8) is 0 Å². The van der Waals surface area contributed by atoms with E-state index in [0.717, 1.165) is 25.8 Å². The van der Waals surface area contributed by atoms with Crippen LogP contribution < -0.4 is 5.73 Å². The van der Waals surface area contributed by atoms with Crippen molar-refractivity contribution in [3.05, 3.63) is 10.4 Å². The third-order valence-corrected chi connectivity index (χ3v) is 1.03. The zero-order valence-electron chi connectivity index (χ0n) is 5.86. The van der Waals surface area contributed by atoms with E-state index in [4.69, 9.17) is 11.3 Å².